The Morgan fingerprint density at radius 3 is 2.81 bits per heavy atom. The van der Waals surface area contributed by atoms with E-state index < -0.39 is 0 Å². The highest BCUT2D eigenvalue weighted by molar-refractivity contribution is 6.05. The van der Waals surface area contributed by atoms with E-state index in [0.29, 0.717) is 29.4 Å². The molecule has 7 rings (SSSR count). The van der Waals surface area contributed by atoms with Gasteiger partial charge in [-0.25, -0.2) is 14.5 Å². The molecule has 2 aliphatic heterocycles. The summed E-state index contributed by atoms with van der Waals surface area (Å²) in [6, 6.07) is 3.45. The summed E-state index contributed by atoms with van der Waals surface area (Å²) in [4.78, 5) is 26.9. The summed E-state index contributed by atoms with van der Waals surface area (Å²) in [5, 5.41) is 6.95. The van der Waals surface area contributed by atoms with E-state index in [4.69, 9.17) is 14.5 Å². The summed E-state index contributed by atoms with van der Waals surface area (Å²) >= 11 is 0. The van der Waals surface area contributed by atoms with Crippen molar-refractivity contribution in [2.75, 3.05) is 11.9 Å². The maximum Gasteiger partial charge on any atom is 0.263 e. The number of nitrogens with one attached hydrogen (secondary N) is 1. The van der Waals surface area contributed by atoms with Gasteiger partial charge in [0.05, 0.1) is 30.2 Å². The predicted molar refractivity (Wildman–Crippen MR) is 115 cm³/mol. The van der Waals surface area contributed by atoms with Gasteiger partial charge in [-0.1, -0.05) is 0 Å². The van der Waals surface area contributed by atoms with Crippen LogP contribution in [0.4, 0.5) is 5.82 Å². The summed E-state index contributed by atoms with van der Waals surface area (Å²) < 4.78 is 15.2. The van der Waals surface area contributed by atoms with Gasteiger partial charge >= 0.3 is 0 Å². The van der Waals surface area contributed by atoms with Crippen molar-refractivity contribution < 1.29 is 14.3 Å². The number of rotatable bonds is 5. The average Bonchev–Trinajstić information content (AvgIpc) is 3.47. The molecule has 2 bridgehead atoms. The Morgan fingerprint density at radius 1 is 1.22 bits per heavy atom. The monoisotopic (exact) mass is 433 g/mol. The first-order valence-corrected chi connectivity index (χ1v) is 10.7. The number of nitrogens with zero attached hydrogens (tertiary/aromatic N) is 6. The predicted octanol–water partition coefficient (Wildman–Crippen LogP) is 2.63. The molecule has 4 aromatic heterocycles. The van der Waals surface area contributed by atoms with Crippen molar-refractivity contribution in [3.8, 4) is 5.88 Å². The lowest BCUT2D eigenvalue weighted by molar-refractivity contribution is 0.0154. The topological polar surface area (TPSA) is 108 Å². The van der Waals surface area contributed by atoms with Gasteiger partial charge in [-0.15, -0.1) is 0 Å². The second-order valence-corrected chi connectivity index (χ2v) is 9.23. The molecule has 3 fully saturated rings. The van der Waals surface area contributed by atoms with E-state index in [1.165, 1.54) is 0 Å². The minimum atomic E-state index is -0.361. The first-order valence-electron chi connectivity index (χ1n) is 10.7. The summed E-state index contributed by atoms with van der Waals surface area (Å²) in [7, 11) is 0. The molecule has 2 saturated heterocycles. The summed E-state index contributed by atoms with van der Waals surface area (Å²) in [5.74, 6) is 0.799. The zero-order valence-electron chi connectivity index (χ0n) is 18.1. The quantitative estimate of drug-likeness (QED) is 0.515. The van der Waals surface area contributed by atoms with Crippen LogP contribution in [0.25, 0.3) is 11.4 Å². The molecular formula is C22H23N7O3. The Kier molecular flexibility index (Phi) is 3.89. The number of carbonyl (C=O) groups is 1. The lowest BCUT2D eigenvalue weighted by Gasteiger charge is -2.41. The van der Waals surface area contributed by atoms with E-state index in [2.05, 4.69) is 27.3 Å². The molecule has 1 saturated carbocycles. The second kappa shape index (κ2) is 6.49. The van der Waals surface area contributed by atoms with E-state index in [9.17, 15) is 4.79 Å². The molecule has 0 spiro atoms. The zero-order valence-corrected chi connectivity index (χ0v) is 18.1. The molecule has 1 aliphatic carbocycles. The number of hydrogen-bond acceptors (Lipinski definition) is 7. The van der Waals surface area contributed by atoms with Gasteiger partial charge in [-0.05, 0) is 39.7 Å². The molecule has 1 N–H and O–H groups in total. The van der Waals surface area contributed by atoms with Gasteiger partial charge in [0, 0.05) is 30.1 Å². The summed E-state index contributed by atoms with van der Waals surface area (Å²) in [6.07, 6.45) is 8.81. The largest absolute Gasteiger partial charge is 0.474 e. The number of imidazole rings is 1. The van der Waals surface area contributed by atoms with Gasteiger partial charge in [-0.2, -0.15) is 10.1 Å². The van der Waals surface area contributed by atoms with Crippen molar-refractivity contribution >= 4 is 23.1 Å². The van der Waals surface area contributed by atoms with Gasteiger partial charge in [0.2, 0.25) is 11.7 Å². The lowest BCUT2D eigenvalue weighted by atomic mass is 9.62. The number of carbonyl (C=O) groups excluding carboxylic acids is 1. The number of ether oxygens (including phenoxy) is 2. The fourth-order valence-electron chi connectivity index (χ4n) is 4.85. The molecule has 10 heteroatoms. The molecule has 0 radical (unpaired) electrons. The first-order chi connectivity index (χ1) is 15.3. The van der Waals surface area contributed by atoms with Crippen molar-refractivity contribution in [1.29, 1.82) is 0 Å². The third kappa shape index (κ3) is 2.94. The SMILES string of the molecule is CC(C)Oc1nc2nc(C34COC(C)(C3)C4)cn2cc1C(=O)Nc1ccn2nccc2n1. The second-order valence-electron chi connectivity index (χ2n) is 9.23. The molecule has 0 unspecified atom stereocenters. The van der Waals surface area contributed by atoms with Crippen molar-refractivity contribution in [2.24, 2.45) is 0 Å². The maximum atomic E-state index is 13.2. The van der Waals surface area contributed by atoms with Crippen LogP contribution >= 0.6 is 0 Å². The third-order valence-corrected chi connectivity index (χ3v) is 6.17. The lowest BCUT2D eigenvalue weighted by Crippen LogP contribution is -2.45. The minimum absolute atomic E-state index is 0.0379. The van der Waals surface area contributed by atoms with Crippen LogP contribution in [0.3, 0.4) is 0 Å². The zero-order chi connectivity index (χ0) is 22.1. The van der Waals surface area contributed by atoms with Crippen LogP contribution in [-0.2, 0) is 10.2 Å². The van der Waals surface area contributed by atoms with E-state index >= 15 is 0 Å². The smallest absolute Gasteiger partial charge is 0.263 e. The molecule has 1 amide bonds. The van der Waals surface area contributed by atoms with Crippen LogP contribution < -0.4 is 10.1 Å². The fraction of sp³-hybridized carbons (Fsp3) is 0.409. The van der Waals surface area contributed by atoms with Gasteiger partial charge in [0.15, 0.2) is 5.65 Å². The Hall–Kier alpha value is -3.53. The third-order valence-electron chi connectivity index (χ3n) is 6.17. The highest BCUT2D eigenvalue weighted by Crippen LogP contribution is 2.58. The molecule has 0 aromatic carbocycles. The van der Waals surface area contributed by atoms with Crippen molar-refractivity contribution in [3.05, 3.63) is 48.2 Å². The maximum absolute atomic E-state index is 13.2. The van der Waals surface area contributed by atoms with Gasteiger partial charge in [0.1, 0.15) is 11.4 Å². The van der Waals surface area contributed by atoms with Crippen LogP contribution in [0.15, 0.2) is 36.9 Å². The standard InChI is InChI=1S/C22H23N7O3/c1-13(2)32-19-14(18(30)26-16-5-7-29-17(25-16)4-6-23-29)8-28-9-15(24-20(28)27-19)22-10-21(3,11-22)31-12-22/h4-9,13H,10-12H2,1-3H3,(H,25,26,30). The number of anilines is 1. The van der Waals surface area contributed by atoms with E-state index in [1.54, 1.807) is 39.6 Å². The molecule has 3 aliphatic rings. The van der Waals surface area contributed by atoms with Crippen LogP contribution in [0.5, 0.6) is 5.88 Å². The van der Waals surface area contributed by atoms with Crippen molar-refractivity contribution in [1.82, 2.24) is 29.0 Å². The van der Waals surface area contributed by atoms with E-state index in [-0.39, 0.29) is 28.9 Å². The van der Waals surface area contributed by atoms with Crippen molar-refractivity contribution in [2.45, 2.75) is 50.7 Å². The van der Waals surface area contributed by atoms with E-state index in [0.717, 1.165) is 18.5 Å². The Morgan fingerprint density at radius 2 is 2.06 bits per heavy atom. The van der Waals surface area contributed by atoms with Gasteiger partial charge in [-0.3, -0.25) is 9.20 Å². The number of aromatic nitrogens is 6. The highest BCUT2D eigenvalue weighted by Gasteiger charge is 2.61. The Balaban J connectivity index is 1.36. The number of hydrogen-bond donors (Lipinski definition) is 1. The molecule has 164 valence electrons. The van der Waals surface area contributed by atoms with Crippen LogP contribution in [-0.4, -0.2) is 53.2 Å². The molecule has 10 nitrogen and oxygen atoms in total. The molecule has 4 aromatic rings. The first kappa shape index (κ1) is 19.2. The van der Waals surface area contributed by atoms with Crippen LogP contribution in [0.2, 0.25) is 0 Å². The van der Waals surface area contributed by atoms with Crippen LogP contribution in [0.1, 0.15) is 49.7 Å². The summed E-state index contributed by atoms with van der Waals surface area (Å²) in [6.45, 7) is 6.59. The molecule has 6 heterocycles. The van der Waals surface area contributed by atoms with E-state index in [1.807, 2.05) is 20.0 Å². The fourth-order valence-corrected chi connectivity index (χ4v) is 4.85. The minimum Gasteiger partial charge on any atom is -0.474 e. The number of fused-ring (bicyclic) bond motifs is 3. The van der Waals surface area contributed by atoms with Crippen LogP contribution in [0, 0.1) is 0 Å². The molecule has 32 heavy (non-hydrogen) atoms. The number of amides is 1. The Labute approximate surface area is 183 Å². The molecule has 0 atom stereocenters. The van der Waals surface area contributed by atoms with Gasteiger partial charge < -0.3 is 14.8 Å². The van der Waals surface area contributed by atoms with Gasteiger partial charge in [0.25, 0.3) is 5.91 Å². The van der Waals surface area contributed by atoms with Crippen molar-refractivity contribution in [3.63, 3.8) is 0 Å². The molecular weight excluding hydrogens is 410 g/mol. The Bertz CT molecular complexity index is 1370. The summed E-state index contributed by atoms with van der Waals surface area (Å²) in [5.41, 5.74) is 1.79. The normalized spacial score (nSPS) is 24.2. The average molecular weight is 433 g/mol. The highest BCUT2D eigenvalue weighted by atomic mass is 16.5.